The molecule has 1 aliphatic rings. The van der Waals surface area contributed by atoms with E-state index in [1.807, 2.05) is 18.2 Å². The molecule has 1 fully saturated rings. The van der Waals surface area contributed by atoms with Crippen LogP contribution in [0.3, 0.4) is 0 Å². The van der Waals surface area contributed by atoms with E-state index in [9.17, 15) is 13.2 Å². The summed E-state index contributed by atoms with van der Waals surface area (Å²) < 4.78 is 39.7. The zero-order valence-electron chi connectivity index (χ0n) is 14.6. The molecule has 0 saturated heterocycles. The maximum atomic E-state index is 12.7. The van der Waals surface area contributed by atoms with Gasteiger partial charge in [-0.2, -0.15) is 22.7 Å². The number of aromatic nitrogens is 3. The number of hydrogen-bond donors (Lipinski definition) is 2. The van der Waals surface area contributed by atoms with E-state index in [-0.39, 0.29) is 0 Å². The second-order valence-corrected chi connectivity index (χ2v) is 6.80. The van der Waals surface area contributed by atoms with Crippen molar-refractivity contribution in [3.05, 3.63) is 48.0 Å². The Bertz CT molecular complexity index is 911. The van der Waals surface area contributed by atoms with Crippen molar-refractivity contribution in [3.63, 3.8) is 0 Å². The highest BCUT2D eigenvalue weighted by atomic mass is 19.4. The predicted molar refractivity (Wildman–Crippen MR) is 98.2 cm³/mol. The lowest BCUT2D eigenvalue weighted by atomic mass is 9.95. The molecule has 0 spiro atoms. The van der Waals surface area contributed by atoms with Crippen LogP contribution >= 0.6 is 0 Å². The maximum absolute atomic E-state index is 12.7. The topological polar surface area (TPSA) is 54.2 Å². The van der Waals surface area contributed by atoms with Crippen LogP contribution in [0.5, 0.6) is 0 Å². The number of hydrogen-bond acceptors (Lipinski definition) is 4. The van der Waals surface area contributed by atoms with Crippen molar-refractivity contribution in [3.8, 4) is 0 Å². The number of rotatable bonds is 4. The van der Waals surface area contributed by atoms with E-state index in [4.69, 9.17) is 0 Å². The van der Waals surface area contributed by atoms with Crippen molar-refractivity contribution in [1.29, 1.82) is 0 Å². The number of nitrogens with zero attached hydrogens (tertiary/aromatic N) is 3. The summed E-state index contributed by atoms with van der Waals surface area (Å²) in [5.74, 6) is 1.21. The highest BCUT2D eigenvalue weighted by molar-refractivity contribution is 5.58. The molecule has 142 valence electrons. The SMILES string of the molecule is FC(F)(F)c1ccc(Nc2nc3cccc(NC4CCCCC4)n3n2)cc1. The number of nitrogens with one attached hydrogen (secondary N) is 2. The molecule has 5 nitrogen and oxygen atoms in total. The first-order valence-electron chi connectivity index (χ1n) is 9.06. The number of alkyl halides is 3. The number of pyridine rings is 1. The smallest absolute Gasteiger partial charge is 0.367 e. The molecule has 1 saturated carbocycles. The minimum Gasteiger partial charge on any atom is -0.367 e. The van der Waals surface area contributed by atoms with Gasteiger partial charge in [0.1, 0.15) is 5.82 Å². The quantitative estimate of drug-likeness (QED) is 0.655. The van der Waals surface area contributed by atoms with Gasteiger partial charge in [-0.15, -0.1) is 5.10 Å². The molecule has 4 rings (SSSR count). The van der Waals surface area contributed by atoms with Crippen molar-refractivity contribution in [2.24, 2.45) is 0 Å². The summed E-state index contributed by atoms with van der Waals surface area (Å²) in [6, 6.07) is 11.0. The van der Waals surface area contributed by atoms with E-state index >= 15 is 0 Å². The molecule has 27 heavy (non-hydrogen) atoms. The van der Waals surface area contributed by atoms with Gasteiger partial charge in [-0.05, 0) is 49.2 Å². The van der Waals surface area contributed by atoms with Crippen LogP contribution in [0.4, 0.5) is 30.6 Å². The monoisotopic (exact) mass is 375 g/mol. The second-order valence-electron chi connectivity index (χ2n) is 6.80. The summed E-state index contributed by atoms with van der Waals surface area (Å²) in [6.45, 7) is 0. The van der Waals surface area contributed by atoms with Gasteiger partial charge < -0.3 is 10.6 Å². The van der Waals surface area contributed by atoms with Gasteiger partial charge in [0.2, 0.25) is 5.95 Å². The van der Waals surface area contributed by atoms with Crippen LogP contribution in [0.25, 0.3) is 5.65 Å². The number of fused-ring (bicyclic) bond motifs is 1. The molecule has 0 amide bonds. The Morgan fingerprint density at radius 3 is 2.41 bits per heavy atom. The van der Waals surface area contributed by atoms with Crippen LogP contribution in [0, 0.1) is 0 Å². The Morgan fingerprint density at radius 2 is 1.70 bits per heavy atom. The highest BCUT2D eigenvalue weighted by Crippen LogP contribution is 2.30. The molecule has 2 heterocycles. The molecule has 3 aromatic rings. The van der Waals surface area contributed by atoms with E-state index in [0.717, 1.165) is 30.8 Å². The summed E-state index contributed by atoms with van der Waals surface area (Å²) in [5, 5.41) is 11.0. The third kappa shape index (κ3) is 3.99. The lowest BCUT2D eigenvalue weighted by Gasteiger charge is -2.23. The van der Waals surface area contributed by atoms with Crippen LogP contribution in [0.2, 0.25) is 0 Å². The van der Waals surface area contributed by atoms with Gasteiger partial charge in [-0.3, -0.25) is 0 Å². The van der Waals surface area contributed by atoms with Gasteiger partial charge in [0.15, 0.2) is 5.65 Å². The van der Waals surface area contributed by atoms with Gasteiger partial charge in [0, 0.05) is 11.7 Å². The summed E-state index contributed by atoms with van der Waals surface area (Å²) in [7, 11) is 0. The third-order valence-corrected chi connectivity index (χ3v) is 4.79. The second kappa shape index (κ2) is 7.09. The number of benzene rings is 1. The van der Waals surface area contributed by atoms with Crippen molar-refractivity contribution in [1.82, 2.24) is 14.6 Å². The van der Waals surface area contributed by atoms with Crippen LogP contribution in [0.15, 0.2) is 42.5 Å². The molecule has 0 unspecified atom stereocenters. The van der Waals surface area contributed by atoms with Gasteiger partial charge in [-0.1, -0.05) is 25.3 Å². The average molecular weight is 375 g/mol. The zero-order chi connectivity index (χ0) is 18.9. The molecule has 2 N–H and O–H groups in total. The molecule has 1 aliphatic carbocycles. The van der Waals surface area contributed by atoms with Gasteiger partial charge in [-0.25, -0.2) is 0 Å². The molecular formula is C19H20F3N5. The van der Waals surface area contributed by atoms with Crippen molar-refractivity contribution < 1.29 is 13.2 Å². The van der Waals surface area contributed by atoms with E-state index in [1.54, 1.807) is 4.52 Å². The standard InChI is InChI=1S/C19H20F3N5/c20-19(21,22)13-9-11-15(12-10-13)24-18-25-17-8-4-7-16(27(17)26-18)23-14-5-2-1-3-6-14/h4,7-12,14,23H,1-3,5-6H2,(H,24,26). The summed E-state index contributed by atoms with van der Waals surface area (Å²) >= 11 is 0. The summed E-state index contributed by atoms with van der Waals surface area (Å²) in [6.07, 6.45) is 1.67. The maximum Gasteiger partial charge on any atom is 0.416 e. The first kappa shape index (κ1) is 17.6. The van der Waals surface area contributed by atoms with Gasteiger partial charge >= 0.3 is 6.18 Å². The van der Waals surface area contributed by atoms with E-state index in [1.165, 1.54) is 31.4 Å². The van der Waals surface area contributed by atoms with Crippen LogP contribution < -0.4 is 10.6 Å². The molecule has 0 atom stereocenters. The molecule has 0 bridgehead atoms. The predicted octanol–water partition coefficient (Wildman–Crippen LogP) is 5.24. The minimum absolute atomic E-state index is 0.340. The van der Waals surface area contributed by atoms with Crippen LogP contribution in [-0.4, -0.2) is 20.6 Å². The molecule has 8 heteroatoms. The van der Waals surface area contributed by atoms with E-state index in [2.05, 4.69) is 20.7 Å². The van der Waals surface area contributed by atoms with Crippen molar-refractivity contribution in [2.75, 3.05) is 10.6 Å². The lowest BCUT2D eigenvalue weighted by molar-refractivity contribution is -0.137. The number of anilines is 3. The highest BCUT2D eigenvalue weighted by Gasteiger charge is 2.30. The molecule has 0 aliphatic heterocycles. The van der Waals surface area contributed by atoms with Crippen LogP contribution in [0.1, 0.15) is 37.7 Å². The Morgan fingerprint density at radius 1 is 0.963 bits per heavy atom. The van der Waals surface area contributed by atoms with E-state index in [0.29, 0.717) is 23.3 Å². The van der Waals surface area contributed by atoms with Gasteiger partial charge in [0.05, 0.1) is 5.56 Å². The van der Waals surface area contributed by atoms with Crippen LogP contribution in [-0.2, 0) is 6.18 Å². The normalized spacial score (nSPS) is 15.8. The fraction of sp³-hybridized carbons (Fsp3) is 0.368. The Labute approximate surface area is 154 Å². The Balaban J connectivity index is 1.53. The third-order valence-electron chi connectivity index (χ3n) is 4.79. The van der Waals surface area contributed by atoms with E-state index < -0.39 is 11.7 Å². The van der Waals surface area contributed by atoms with Crippen molar-refractivity contribution >= 4 is 23.1 Å². The fourth-order valence-corrected chi connectivity index (χ4v) is 3.40. The molecule has 0 radical (unpaired) electrons. The molecule has 2 aromatic heterocycles. The fourth-order valence-electron chi connectivity index (χ4n) is 3.40. The zero-order valence-corrected chi connectivity index (χ0v) is 14.6. The average Bonchev–Trinajstić information content (AvgIpc) is 3.06. The first-order valence-corrected chi connectivity index (χ1v) is 9.06. The first-order chi connectivity index (χ1) is 13.0. The number of halogens is 3. The summed E-state index contributed by atoms with van der Waals surface area (Å²) in [4.78, 5) is 4.41. The summed E-state index contributed by atoms with van der Waals surface area (Å²) in [5.41, 5.74) is 0.487. The van der Waals surface area contributed by atoms with Crippen molar-refractivity contribution in [2.45, 2.75) is 44.3 Å². The molecular weight excluding hydrogens is 355 g/mol. The lowest BCUT2D eigenvalue weighted by Crippen LogP contribution is -2.23. The minimum atomic E-state index is -4.35. The van der Waals surface area contributed by atoms with Gasteiger partial charge in [0.25, 0.3) is 0 Å². The Hall–Kier alpha value is -2.77. The molecule has 1 aromatic carbocycles. The largest absolute Gasteiger partial charge is 0.416 e. The Kier molecular flexibility index (Phi) is 4.63.